The van der Waals surface area contributed by atoms with Gasteiger partial charge in [-0.15, -0.1) is 0 Å². The molecule has 0 N–H and O–H groups in total. The van der Waals surface area contributed by atoms with Gasteiger partial charge >= 0.3 is 0 Å². The van der Waals surface area contributed by atoms with Crippen LogP contribution in [0, 0.1) is 0 Å². The maximum absolute atomic E-state index is 5.55. The maximum atomic E-state index is 5.55. The molecule has 0 amide bonds. The van der Waals surface area contributed by atoms with Crippen LogP contribution in [0.5, 0.6) is 17.2 Å². The molecule has 2 aromatic carbocycles. The van der Waals surface area contributed by atoms with Gasteiger partial charge in [0.2, 0.25) is 5.75 Å². The molecule has 3 heteroatoms. The number of hydrogen-bond donors (Lipinski definition) is 0. The van der Waals surface area contributed by atoms with E-state index in [1.54, 1.807) is 21.3 Å². The lowest BCUT2D eigenvalue weighted by Gasteiger charge is -2.16. The summed E-state index contributed by atoms with van der Waals surface area (Å²) in [6, 6.07) is 10.4. The molecule has 0 atom stereocenters. The summed E-state index contributed by atoms with van der Waals surface area (Å²) in [5.74, 6) is 2.14. The molecule has 1 aliphatic carbocycles. The minimum Gasteiger partial charge on any atom is -0.493 e. The molecular weight excluding hydrogens is 240 g/mol. The topological polar surface area (TPSA) is 27.7 Å². The Hall–Kier alpha value is -2.16. The number of methoxy groups -OCH3 is 3. The second-order valence-electron chi connectivity index (χ2n) is 4.51. The molecule has 3 nitrogen and oxygen atoms in total. The number of rotatable bonds is 3. The molecule has 98 valence electrons. The van der Waals surface area contributed by atoms with Crippen molar-refractivity contribution in [1.29, 1.82) is 0 Å². The van der Waals surface area contributed by atoms with E-state index in [1.165, 1.54) is 22.3 Å². The Morgan fingerprint density at radius 2 is 1.58 bits per heavy atom. The van der Waals surface area contributed by atoms with E-state index < -0.39 is 0 Å². The summed E-state index contributed by atoms with van der Waals surface area (Å²) < 4.78 is 16.4. The van der Waals surface area contributed by atoms with Crippen LogP contribution in [-0.4, -0.2) is 21.3 Å². The highest BCUT2D eigenvalue weighted by Gasteiger charge is 2.27. The smallest absolute Gasteiger partial charge is 0.203 e. The van der Waals surface area contributed by atoms with E-state index in [-0.39, 0.29) is 0 Å². The van der Waals surface area contributed by atoms with Crippen LogP contribution in [0.4, 0.5) is 0 Å². The summed E-state index contributed by atoms with van der Waals surface area (Å²) in [5.41, 5.74) is 4.90. The van der Waals surface area contributed by atoms with E-state index in [9.17, 15) is 0 Å². The minimum atomic E-state index is 0.663. The van der Waals surface area contributed by atoms with Gasteiger partial charge in [0.05, 0.1) is 21.3 Å². The molecule has 0 heterocycles. The highest BCUT2D eigenvalue weighted by Crippen LogP contribution is 2.49. The van der Waals surface area contributed by atoms with Crippen LogP contribution in [0.25, 0.3) is 11.1 Å². The van der Waals surface area contributed by atoms with Crippen molar-refractivity contribution in [2.24, 2.45) is 0 Å². The SMILES string of the molecule is COc1cc2c(c(OC)c1OC)Cc1ccccc1-2. The van der Waals surface area contributed by atoms with Crippen LogP contribution < -0.4 is 14.2 Å². The first-order chi connectivity index (χ1) is 9.30. The third-order valence-corrected chi connectivity index (χ3v) is 3.61. The van der Waals surface area contributed by atoms with Crippen LogP contribution in [0.15, 0.2) is 30.3 Å². The fourth-order valence-electron chi connectivity index (χ4n) is 2.76. The predicted molar refractivity (Wildman–Crippen MR) is 74.3 cm³/mol. The molecule has 2 aromatic rings. The van der Waals surface area contributed by atoms with Crippen LogP contribution in [0.1, 0.15) is 11.1 Å². The molecule has 0 bridgehead atoms. The van der Waals surface area contributed by atoms with E-state index in [0.29, 0.717) is 11.5 Å². The zero-order valence-corrected chi connectivity index (χ0v) is 11.3. The first kappa shape index (κ1) is 11.9. The standard InChI is InChI=1S/C16H16O3/c1-17-14-9-12-11-7-5-4-6-10(11)8-13(12)15(18-2)16(14)19-3/h4-7,9H,8H2,1-3H3. The molecule has 19 heavy (non-hydrogen) atoms. The van der Waals surface area contributed by atoms with Gasteiger partial charge in [0.25, 0.3) is 0 Å². The lowest BCUT2D eigenvalue weighted by atomic mass is 10.0. The Morgan fingerprint density at radius 3 is 2.26 bits per heavy atom. The molecule has 0 saturated heterocycles. The summed E-state index contributed by atoms with van der Waals surface area (Å²) in [5, 5.41) is 0. The third-order valence-electron chi connectivity index (χ3n) is 3.61. The number of ether oxygens (including phenoxy) is 3. The van der Waals surface area contributed by atoms with E-state index in [0.717, 1.165) is 12.2 Å². The second kappa shape index (κ2) is 4.50. The molecule has 0 saturated carbocycles. The van der Waals surface area contributed by atoms with Crippen molar-refractivity contribution in [3.05, 3.63) is 41.5 Å². The third kappa shape index (κ3) is 1.65. The molecule has 3 rings (SSSR count). The highest BCUT2D eigenvalue weighted by atomic mass is 16.5. The zero-order chi connectivity index (χ0) is 13.4. The summed E-state index contributed by atoms with van der Waals surface area (Å²) in [6.07, 6.45) is 0.870. The van der Waals surface area contributed by atoms with Crippen molar-refractivity contribution in [3.63, 3.8) is 0 Å². The molecule has 0 unspecified atom stereocenters. The van der Waals surface area contributed by atoms with Crippen molar-refractivity contribution in [2.45, 2.75) is 6.42 Å². The molecule has 0 fully saturated rings. The lowest BCUT2D eigenvalue weighted by Crippen LogP contribution is -1.98. The van der Waals surface area contributed by atoms with Crippen molar-refractivity contribution in [1.82, 2.24) is 0 Å². The molecule has 1 aliphatic rings. The Morgan fingerprint density at radius 1 is 0.842 bits per heavy atom. The largest absolute Gasteiger partial charge is 0.493 e. The average Bonchev–Trinajstić information content (AvgIpc) is 2.83. The first-order valence-electron chi connectivity index (χ1n) is 6.20. The van der Waals surface area contributed by atoms with Gasteiger partial charge in [-0.25, -0.2) is 0 Å². The lowest BCUT2D eigenvalue weighted by molar-refractivity contribution is 0.323. The van der Waals surface area contributed by atoms with Crippen LogP contribution in [0.2, 0.25) is 0 Å². The zero-order valence-electron chi connectivity index (χ0n) is 11.3. The van der Waals surface area contributed by atoms with Gasteiger partial charge in [0.15, 0.2) is 11.5 Å². The monoisotopic (exact) mass is 256 g/mol. The van der Waals surface area contributed by atoms with E-state index in [1.807, 2.05) is 6.07 Å². The van der Waals surface area contributed by atoms with Gasteiger partial charge in [-0.3, -0.25) is 0 Å². The Labute approximate surface area is 112 Å². The van der Waals surface area contributed by atoms with E-state index in [4.69, 9.17) is 14.2 Å². The number of fused-ring (bicyclic) bond motifs is 3. The summed E-state index contributed by atoms with van der Waals surface area (Å²) in [4.78, 5) is 0. The van der Waals surface area contributed by atoms with Gasteiger partial charge in [-0.05, 0) is 22.8 Å². The Kier molecular flexibility index (Phi) is 2.82. The van der Waals surface area contributed by atoms with E-state index >= 15 is 0 Å². The molecule has 0 radical (unpaired) electrons. The van der Waals surface area contributed by atoms with Gasteiger partial charge in [0, 0.05) is 12.0 Å². The fourth-order valence-corrected chi connectivity index (χ4v) is 2.76. The van der Waals surface area contributed by atoms with Crippen molar-refractivity contribution >= 4 is 0 Å². The van der Waals surface area contributed by atoms with Crippen molar-refractivity contribution < 1.29 is 14.2 Å². The minimum absolute atomic E-state index is 0.663. The van der Waals surface area contributed by atoms with Gasteiger partial charge < -0.3 is 14.2 Å². The predicted octanol–water partition coefficient (Wildman–Crippen LogP) is 3.28. The fraction of sp³-hybridized carbons (Fsp3) is 0.250. The van der Waals surface area contributed by atoms with Gasteiger partial charge in [-0.2, -0.15) is 0 Å². The second-order valence-corrected chi connectivity index (χ2v) is 4.51. The molecule has 0 spiro atoms. The maximum Gasteiger partial charge on any atom is 0.203 e. The highest BCUT2D eigenvalue weighted by molar-refractivity contribution is 5.82. The van der Waals surface area contributed by atoms with Gasteiger partial charge in [0.1, 0.15) is 0 Å². The van der Waals surface area contributed by atoms with Gasteiger partial charge in [-0.1, -0.05) is 24.3 Å². The van der Waals surface area contributed by atoms with Crippen molar-refractivity contribution in [2.75, 3.05) is 21.3 Å². The summed E-state index contributed by atoms with van der Waals surface area (Å²) >= 11 is 0. The first-order valence-corrected chi connectivity index (χ1v) is 6.20. The Balaban J connectivity index is 2.29. The normalized spacial score (nSPS) is 11.7. The Bertz CT molecular complexity index is 632. The van der Waals surface area contributed by atoms with Crippen LogP contribution >= 0.6 is 0 Å². The molecule has 0 aromatic heterocycles. The quantitative estimate of drug-likeness (QED) is 0.719. The summed E-state index contributed by atoms with van der Waals surface area (Å²) in [6.45, 7) is 0. The van der Waals surface area contributed by atoms with Crippen LogP contribution in [-0.2, 0) is 6.42 Å². The molecular formula is C16H16O3. The summed E-state index contributed by atoms with van der Waals surface area (Å²) in [7, 11) is 4.94. The van der Waals surface area contributed by atoms with Crippen molar-refractivity contribution in [3.8, 4) is 28.4 Å². The molecule has 0 aliphatic heterocycles. The average molecular weight is 256 g/mol. The number of benzene rings is 2. The van der Waals surface area contributed by atoms with E-state index in [2.05, 4.69) is 24.3 Å². The number of hydrogen-bond acceptors (Lipinski definition) is 3. The van der Waals surface area contributed by atoms with Crippen LogP contribution in [0.3, 0.4) is 0 Å².